The second-order valence-electron chi connectivity index (χ2n) is 15.6. The number of halogens is 1. The number of allylic oxidation sites excluding steroid dienone is 1. The zero-order valence-corrected chi connectivity index (χ0v) is 30.1. The maximum Gasteiger partial charge on any atom is 0.410 e. The van der Waals surface area contributed by atoms with Crippen LogP contribution in [0.25, 0.3) is 0 Å². The molecule has 3 heterocycles. The van der Waals surface area contributed by atoms with Crippen molar-refractivity contribution in [3.63, 3.8) is 0 Å². The van der Waals surface area contributed by atoms with E-state index in [0.29, 0.717) is 36.8 Å². The Kier molecular flexibility index (Phi) is 9.72. The van der Waals surface area contributed by atoms with Crippen LogP contribution < -0.4 is 15.4 Å². The number of rotatable bonds is 7. The van der Waals surface area contributed by atoms with Crippen molar-refractivity contribution < 1.29 is 46.3 Å². The quantitative estimate of drug-likeness (QED) is 0.354. The van der Waals surface area contributed by atoms with E-state index in [0.717, 1.165) is 25.7 Å². The maximum atomic E-state index is 14.4. The topological polar surface area (TPSA) is 181 Å². The average Bonchev–Trinajstić information content (AvgIpc) is 4.06. The predicted molar refractivity (Wildman–Crippen MR) is 183 cm³/mol. The van der Waals surface area contributed by atoms with Gasteiger partial charge in [-0.15, -0.1) is 0 Å². The van der Waals surface area contributed by atoms with Crippen LogP contribution in [0.2, 0.25) is 0 Å². The summed E-state index contributed by atoms with van der Waals surface area (Å²) < 4.78 is 53.4. The minimum absolute atomic E-state index is 0.00355. The highest BCUT2D eigenvalue weighted by Crippen LogP contribution is 2.46. The molecule has 7 rings (SSSR count). The lowest BCUT2D eigenvalue weighted by Gasteiger charge is -2.29. The van der Waals surface area contributed by atoms with E-state index in [-0.39, 0.29) is 50.9 Å². The Labute approximate surface area is 302 Å². The largest absolute Gasteiger partial charge is 0.449 e. The van der Waals surface area contributed by atoms with Gasteiger partial charge in [0, 0.05) is 29.9 Å². The van der Waals surface area contributed by atoms with E-state index in [1.165, 1.54) is 15.9 Å². The smallest absolute Gasteiger partial charge is 0.410 e. The van der Waals surface area contributed by atoms with Gasteiger partial charge in [0.25, 0.3) is 5.91 Å². The molecule has 1 aromatic carbocycles. The number of alkyl carbamates (subject to hydrolysis) is 1. The van der Waals surface area contributed by atoms with Crippen molar-refractivity contribution in [1.82, 2.24) is 25.2 Å². The molecule has 3 aliphatic carbocycles. The van der Waals surface area contributed by atoms with Gasteiger partial charge >= 0.3 is 12.2 Å². The summed E-state index contributed by atoms with van der Waals surface area (Å²) in [5, 5.41) is 4.85. The molecule has 4 fully saturated rings. The Bertz CT molecular complexity index is 1780. The maximum absolute atomic E-state index is 14.4. The van der Waals surface area contributed by atoms with Crippen LogP contribution in [0, 0.1) is 17.2 Å². The summed E-state index contributed by atoms with van der Waals surface area (Å²) in [7, 11) is -3.92. The van der Waals surface area contributed by atoms with Gasteiger partial charge in [-0.2, -0.15) is 0 Å². The average molecular weight is 744 g/mol. The van der Waals surface area contributed by atoms with E-state index in [1.54, 1.807) is 12.1 Å². The minimum atomic E-state index is -3.92. The van der Waals surface area contributed by atoms with Crippen LogP contribution in [0.4, 0.5) is 14.0 Å². The van der Waals surface area contributed by atoms with Crippen molar-refractivity contribution in [2.24, 2.45) is 11.3 Å². The van der Waals surface area contributed by atoms with E-state index in [9.17, 15) is 36.8 Å². The Morgan fingerprint density at radius 3 is 2.60 bits per heavy atom. The first-order valence-corrected chi connectivity index (χ1v) is 19.8. The number of hydrogen-bond donors (Lipinski definition) is 3. The summed E-state index contributed by atoms with van der Waals surface area (Å²) in [6.07, 6.45) is 7.17. The van der Waals surface area contributed by atoms with Crippen molar-refractivity contribution >= 4 is 39.9 Å². The van der Waals surface area contributed by atoms with Crippen LogP contribution in [-0.2, 0) is 47.0 Å². The van der Waals surface area contributed by atoms with Gasteiger partial charge < -0.3 is 25.0 Å². The molecule has 0 bridgehead atoms. The van der Waals surface area contributed by atoms with Crippen LogP contribution in [0.1, 0.15) is 88.7 Å². The molecule has 0 unspecified atom stereocenters. The summed E-state index contributed by atoms with van der Waals surface area (Å²) in [6, 6.07) is 2.35. The number of sulfonamides is 1. The highest BCUT2D eigenvalue weighted by molar-refractivity contribution is 7.91. The van der Waals surface area contributed by atoms with E-state index in [1.807, 2.05) is 19.1 Å². The van der Waals surface area contributed by atoms with Gasteiger partial charge in [0.05, 0.1) is 24.9 Å². The number of nitrogens with one attached hydrogen (secondary N) is 3. The van der Waals surface area contributed by atoms with Gasteiger partial charge in [0.1, 0.15) is 29.5 Å². The number of carbonyl (C=O) groups is 5. The van der Waals surface area contributed by atoms with E-state index < -0.39 is 80.6 Å². The molecule has 1 aromatic rings. The molecule has 52 heavy (non-hydrogen) atoms. The summed E-state index contributed by atoms with van der Waals surface area (Å²) >= 11 is 0. The number of benzene rings is 1. The molecule has 3 saturated carbocycles. The van der Waals surface area contributed by atoms with Crippen molar-refractivity contribution in [3.8, 4) is 0 Å². The fourth-order valence-corrected chi connectivity index (χ4v) is 8.72. The molecule has 3 aliphatic heterocycles. The molecule has 16 heteroatoms. The van der Waals surface area contributed by atoms with Crippen molar-refractivity contribution in [1.29, 1.82) is 0 Å². The SMILES string of the molecule is CC1(COC(=O)N[C@H]2CCCCC/C=C\[C@H]3C[C@@]3(C(=O)NS(=O)(=O)C3CC3)NC(=O)[C@@H]3C[C@@H](OC(=O)N4Cc5cccc(F)c5C4)CN3C2=O)CC1. The first-order chi connectivity index (χ1) is 24.8. The molecule has 282 valence electrons. The molecule has 0 aromatic heterocycles. The molecule has 5 amide bonds. The van der Waals surface area contributed by atoms with Crippen molar-refractivity contribution in [2.75, 3.05) is 13.2 Å². The standard InChI is InChI=1S/C36H46FN5O9S/c1-35(14-15-35)21-50-33(46)38-28-11-6-4-2-3-5-9-23-17-36(23,32(45)40-52(48,49)25-12-13-25)39-30(43)29-16-24(19-42(29)31(28)44)51-34(47)41-18-22-8-7-10-27(37)26(22)20-41/h5,7-10,23-25,28-29H,2-4,6,11-21H2,1H3,(H,38,46)(H,39,43)(H,40,45)/b9-5-/t23-,24+,28-,29-,36+/m0/s1. The molecule has 0 radical (unpaired) electrons. The lowest BCUT2D eigenvalue weighted by molar-refractivity contribution is -0.141. The lowest BCUT2D eigenvalue weighted by atomic mass is 10.0. The van der Waals surface area contributed by atoms with Crippen molar-refractivity contribution in [2.45, 2.75) is 120 Å². The Balaban J connectivity index is 1.12. The summed E-state index contributed by atoms with van der Waals surface area (Å²) in [5.41, 5.74) is -0.576. The number of fused-ring (bicyclic) bond motifs is 3. The van der Waals surface area contributed by atoms with Crippen LogP contribution >= 0.6 is 0 Å². The monoisotopic (exact) mass is 743 g/mol. The van der Waals surface area contributed by atoms with Crippen molar-refractivity contribution in [3.05, 3.63) is 47.3 Å². The van der Waals surface area contributed by atoms with Gasteiger partial charge in [-0.05, 0) is 63.0 Å². The predicted octanol–water partition coefficient (Wildman–Crippen LogP) is 3.15. The van der Waals surface area contributed by atoms with Gasteiger partial charge in [0.2, 0.25) is 21.8 Å². The highest BCUT2D eigenvalue weighted by atomic mass is 32.2. The number of hydrogen-bond acceptors (Lipinski definition) is 9. The Morgan fingerprint density at radius 1 is 1.08 bits per heavy atom. The fourth-order valence-electron chi connectivity index (χ4n) is 7.36. The molecular formula is C36H46FN5O9S. The highest BCUT2D eigenvalue weighted by Gasteiger charge is 2.62. The summed E-state index contributed by atoms with van der Waals surface area (Å²) in [5.74, 6) is -3.02. The zero-order valence-electron chi connectivity index (χ0n) is 29.2. The lowest BCUT2D eigenvalue weighted by Crippen LogP contribution is -2.58. The van der Waals surface area contributed by atoms with Crippen LogP contribution in [-0.4, -0.2) is 90.3 Å². The first-order valence-electron chi connectivity index (χ1n) is 18.3. The number of carbonyl (C=O) groups excluding carboxylic acids is 5. The molecule has 6 aliphatic rings. The minimum Gasteiger partial charge on any atom is -0.449 e. The Morgan fingerprint density at radius 2 is 1.87 bits per heavy atom. The van der Waals surface area contributed by atoms with Crippen LogP contribution in [0.15, 0.2) is 30.4 Å². The van der Waals surface area contributed by atoms with E-state index >= 15 is 0 Å². The van der Waals surface area contributed by atoms with Gasteiger partial charge in [-0.25, -0.2) is 22.4 Å². The third-order valence-electron chi connectivity index (χ3n) is 11.2. The Hall–Kier alpha value is -4.21. The third-order valence-corrected chi connectivity index (χ3v) is 13.1. The summed E-state index contributed by atoms with van der Waals surface area (Å²) in [6.45, 7) is 2.18. The molecule has 1 saturated heterocycles. The molecule has 14 nitrogen and oxygen atoms in total. The van der Waals surface area contributed by atoms with Crippen LogP contribution in [0.3, 0.4) is 0 Å². The normalized spacial score (nSPS) is 30.3. The van der Waals surface area contributed by atoms with Gasteiger partial charge in [0.15, 0.2) is 0 Å². The van der Waals surface area contributed by atoms with E-state index in [2.05, 4.69) is 15.4 Å². The number of amides is 5. The number of nitrogens with zero attached hydrogens (tertiary/aromatic N) is 2. The molecular weight excluding hydrogens is 697 g/mol. The molecule has 0 spiro atoms. The molecule has 3 N–H and O–H groups in total. The number of ether oxygens (including phenoxy) is 2. The third kappa shape index (κ3) is 7.76. The van der Waals surface area contributed by atoms with E-state index in [4.69, 9.17) is 9.47 Å². The van der Waals surface area contributed by atoms with Gasteiger partial charge in [-0.1, -0.05) is 44.1 Å². The second-order valence-corrected chi connectivity index (χ2v) is 17.5. The van der Waals surface area contributed by atoms with Gasteiger partial charge in [-0.3, -0.25) is 24.0 Å². The van der Waals surface area contributed by atoms with Crippen LogP contribution in [0.5, 0.6) is 0 Å². The summed E-state index contributed by atoms with van der Waals surface area (Å²) in [4.78, 5) is 71.0. The molecule has 5 atom stereocenters. The fraction of sp³-hybridized carbons (Fsp3) is 0.639. The second kappa shape index (κ2) is 14.0. The zero-order chi connectivity index (χ0) is 36.8. The first kappa shape index (κ1) is 36.2.